The third-order valence-corrected chi connectivity index (χ3v) is 4.30. The number of hydrogen-bond acceptors (Lipinski definition) is 3. The summed E-state index contributed by atoms with van der Waals surface area (Å²) in [5, 5.41) is 0. The highest BCUT2D eigenvalue weighted by Crippen LogP contribution is 2.30. The summed E-state index contributed by atoms with van der Waals surface area (Å²) in [5.74, 6) is 0.455. The smallest absolute Gasteiger partial charge is 0.167 e. The Morgan fingerprint density at radius 1 is 1.53 bits per heavy atom. The molecule has 0 N–H and O–H groups in total. The molecule has 0 saturated carbocycles. The lowest BCUT2D eigenvalue weighted by Gasteiger charge is -2.20. The molecule has 1 saturated heterocycles. The van der Waals surface area contributed by atoms with Crippen molar-refractivity contribution >= 4 is 33.0 Å². The fourth-order valence-electron chi connectivity index (χ4n) is 1.87. The van der Waals surface area contributed by atoms with E-state index in [1.807, 2.05) is 13.0 Å². The summed E-state index contributed by atoms with van der Waals surface area (Å²) in [6, 6.07) is 1.94. The van der Waals surface area contributed by atoms with E-state index in [2.05, 4.69) is 15.9 Å². The topological polar surface area (TPSA) is 26.3 Å². The van der Waals surface area contributed by atoms with Gasteiger partial charge >= 0.3 is 0 Å². The van der Waals surface area contributed by atoms with Crippen molar-refractivity contribution in [3.8, 4) is 0 Å². The van der Waals surface area contributed by atoms with Crippen LogP contribution in [0, 0.1) is 12.8 Å². The first kappa shape index (κ1) is 11.3. The molecule has 0 unspecified atom stereocenters. The standard InChI is InChI=1S/C11H13BrO2S/c1-7-9(6-10(12)15-7)11(13)8-2-4-14-5-3-8/h6,8H,2-5H2,1H3. The van der Waals surface area contributed by atoms with E-state index in [9.17, 15) is 4.79 Å². The van der Waals surface area contributed by atoms with Crippen molar-refractivity contribution in [2.24, 2.45) is 5.92 Å². The van der Waals surface area contributed by atoms with Gasteiger partial charge < -0.3 is 4.74 Å². The highest BCUT2D eigenvalue weighted by molar-refractivity contribution is 9.11. The maximum Gasteiger partial charge on any atom is 0.167 e. The van der Waals surface area contributed by atoms with Crippen LogP contribution in [0.4, 0.5) is 0 Å². The molecule has 2 nitrogen and oxygen atoms in total. The van der Waals surface area contributed by atoms with Gasteiger partial charge in [-0.3, -0.25) is 4.79 Å². The number of ether oxygens (including phenoxy) is 1. The van der Waals surface area contributed by atoms with Gasteiger partial charge in [0.2, 0.25) is 0 Å². The van der Waals surface area contributed by atoms with E-state index in [1.54, 1.807) is 11.3 Å². The van der Waals surface area contributed by atoms with Crippen LogP contribution in [0.5, 0.6) is 0 Å². The van der Waals surface area contributed by atoms with Crippen molar-refractivity contribution in [2.45, 2.75) is 19.8 Å². The summed E-state index contributed by atoms with van der Waals surface area (Å²) in [5.41, 5.74) is 0.888. The van der Waals surface area contributed by atoms with Crippen LogP contribution in [-0.2, 0) is 4.74 Å². The van der Waals surface area contributed by atoms with Gasteiger partial charge in [0, 0.05) is 29.6 Å². The van der Waals surface area contributed by atoms with Crippen molar-refractivity contribution in [1.29, 1.82) is 0 Å². The molecule has 2 heterocycles. The average molecular weight is 289 g/mol. The molecule has 82 valence electrons. The first-order valence-corrected chi connectivity index (χ1v) is 6.67. The minimum absolute atomic E-state index is 0.166. The van der Waals surface area contributed by atoms with Crippen molar-refractivity contribution in [3.63, 3.8) is 0 Å². The third kappa shape index (κ3) is 2.49. The predicted molar refractivity (Wildman–Crippen MR) is 64.6 cm³/mol. The number of thiophene rings is 1. The molecule has 0 radical (unpaired) electrons. The Morgan fingerprint density at radius 3 is 2.73 bits per heavy atom. The second-order valence-electron chi connectivity index (χ2n) is 3.77. The molecule has 0 amide bonds. The Bertz CT molecular complexity index is 367. The van der Waals surface area contributed by atoms with Crippen molar-refractivity contribution in [3.05, 3.63) is 20.3 Å². The summed E-state index contributed by atoms with van der Waals surface area (Å²) in [6.07, 6.45) is 1.73. The molecule has 0 atom stereocenters. The van der Waals surface area contributed by atoms with Crippen molar-refractivity contribution in [2.75, 3.05) is 13.2 Å². The number of aryl methyl sites for hydroxylation is 1. The average Bonchev–Trinajstić information content (AvgIpc) is 2.58. The van der Waals surface area contributed by atoms with Gasteiger partial charge in [0.15, 0.2) is 5.78 Å². The van der Waals surface area contributed by atoms with Crippen LogP contribution in [0.1, 0.15) is 28.1 Å². The third-order valence-electron chi connectivity index (χ3n) is 2.75. The van der Waals surface area contributed by atoms with E-state index in [4.69, 9.17) is 4.74 Å². The molecular weight excluding hydrogens is 276 g/mol. The Kier molecular flexibility index (Phi) is 3.59. The Labute approximate surface area is 102 Å². The molecule has 1 fully saturated rings. The summed E-state index contributed by atoms with van der Waals surface area (Å²) in [4.78, 5) is 13.3. The molecule has 0 aromatic carbocycles. The number of hydrogen-bond donors (Lipinski definition) is 0. The predicted octanol–water partition coefficient (Wildman–Crippen LogP) is 3.43. The number of halogens is 1. The van der Waals surface area contributed by atoms with E-state index in [0.29, 0.717) is 0 Å². The Hall–Kier alpha value is -0.190. The van der Waals surface area contributed by atoms with Gasteiger partial charge in [0.05, 0.1) is 3.79 Å². The molecule has 15 heavy (non-hydrogen) atoms. The van der Waals surface area contributed by atoms with Crippen LogP contribution >= 0.6 is 27.3 Å². The van der Waals surface area contributed by atoms with E-state index < -0.39 is 0 Å². The molecule has 2 rings (SSSR count). The quantitative estimate of drug-likeness (QED) is 0.780. The lowest BCUT2D eigenvalue weighted by atomic mass is 9.91. The zero-order valence-electron chi connectivity index (χ0n) is 8.59. The maximum absolute atomic E-state index is 12.2. The largest absolute Gasteiger partial charge is 0.381 e. The fourth-order valence-corrected chi connectivity index (χ4v) is 3.57. The lowest BCUT2D eigenvalue weighted by molar-refractivity contribution is 0.0545. The first-order chi connectivity index (χ1) is 7.18. The summed E-state index contributed by atoms with van der Waals surface area (Å²) < 4.78 is 6.30. The second kappa shape index (κ2) is 4.76. The van der Waals surface area contributed by atoms with Crippen LogP contribution < -0.4 is 0 Å². The molecule has 1 aliphatic heterocycles. The van der Waals surface area contributed by atoms with E-state index >= 15 is 0 Å². The van der Waals surface area contributed by atoms with Gasteiger partial charge in [-0.05, 0) is 41.8 Å². The monoisotopic (exact) mass is 288 g/mol. The molecule has 1 aliphatic rings. The molecule has 0 bridgehead atoms. The van der Waals surface area contributed by atoms with E-state index in [-0.39, 0.29) is 11.7 Å². The number of carbonyl (C=O) groups excluding carboxylic acids is 1. The summed E-state index contributed by atoms with van der Waals surface area (Å²) in [6.45, 7) is 3.45. The van der Waals surface area contributed by atoms with Crippen LogP contribution in [0.15, 0.2) is 9.85 Å². The van der Waals surface area contributed by atoms with Gasteiger partial charge in [-0.1, -0.05) is 0 Å². The van der Waals surface area contributed by atoms with Gasteiger partial charge in [-0.15, -0.1) is 11.3 Å². The minimum atomic E-state index is 0.166. The number of ketones is 1. The Morgan fingerprint density at radius 2 is 2.20 bits per heavy atom. The summed E-state index contributed by atoms with van der Waals surface area (Å²) >= 11 is 5.04. The molecule has 1 aromatic heterocycles. The van der Waals surface area contributed by atoms with Gasteiger partial charge in [0.1, 0.15) is 0 Å². The van der Waals surface area contributed by atoms with E-state index in [0.717, 1.165) is 40.3 Å². The molecule has 0 aliphatic carbocycles. The van der Waals surface area contributed by atoms with Crippen molar-refractivity contribution < 1.29 is 9.53 Å². The lowest BCUT2D eigenvalue weighted by Crippen LogP contribution is -2.23. The number of carbonyl (C=O) groups is 1. The first-order valence-electron chi connectivity index (χ1n) is 5.06. The van der Waals surface area contributed by atoms with Crippen LogP contribution in [0.2, 0.25) is 0 Å². The molecular formula is C11H13BrO2S. The maximum atomic E-state index is 12.2. The van der Waals surface area contributed by atoms with Crippen molar-refractivity contribution in [1.82, 2.24) is 0 Å². The molecule has 1 aromatic rings. The summed E-state index contributed by atoms with van der Waals surface area (Å²) in [7, 11) is 0. The normalized spacial score (nSPS) is 18.0. The highest BCUT2D eigenvalue weighted by atomic mass is 79.9. The molecule has 4 heteroatoms. The van der Waals surface area contributed by atoms with Gasteiger partial charge in [0.25, 0.3) is 0 Å². The fraction of sp³-hybridized carbons (Fsp3) is 0.545. The van der Waals surface area contributed by atoms with Crippen LogP contribution in [0.3, 0.4) is 0 Å². The zero-order valence-corrected chi connectivity index (χ0v) is 11.0. The van der Waals surface area contributed by atoms with Gasteiger partial charge in [-0.25, -0.2) is 0 Å². The van der Waals surface area contributed by atoms with Gasteiger partial charge in [-0.2, -0.15) is 0 Å². The molecule has 0 spiro atoms. The number of Topliss-reactive ketones (excluding diaryl/α,β-unsaturated/α-hetero) is 1. The SMILES string of the molecule is Cc1sc(Br)cc1C(=O)C1CCOCC1. The van der Waals surface area contributed by atoms with Crippen LogP contribution in [-0.4, -0.2) is 19.0 Å². The number of rotatable bonds is 2. The van der Waals surface area contributed by atoms with Crippen LogP contribution in [0.25, 0.3) is 0 Å². The highest BCUT2D eigenvalue weighted by Gasteiger charge is 2.24. The van der Waals surface area contributed by atoms with E-state index in [1.165, 1.54) is 0 Å². The second-order valence-corrected chi connectivity index (χ2v) is 6.41. The Balaban J connectivity index is 2.16. The minimum Gasteiger partial charge on any atom is -0.381 e. The zero-order chi connectivity index (χ0) is 10.8.